The van der Waals surface area contributed by atoms with Crippen molar-refractivity contribution in [3.8, 4) is 11.5 Å². The van der Waals surface area contributed by atoms with Crippen LogP contribution in [0.1, 0.15) is 23.2 Å². The van der Waals surface area contributed by atoms with Crippen molar-refractivity contribution in [1.82, 2.24) is 16.0 Å². The van der Waals surface area contributed by atoms with Crippen molar-refractivity contribution in [1.29, 1.82) is 0 Å². The topological polar surface area (TPSA) is 88.7 Å². The van der Waals surface area contributed by atoms with E-state index >= 15 is 0 Å². The minimum Gasteiger partial charge on any atom is -0.493 e. The summed E-state index contributed by atoms with van der Waals surface area (Å²) in [5.41, 5.74) is 0.500. The number of carbonyl (C=O) groups excluding carboxylic acids is 2. The molecular formula is C16H23N3O4. The molecule has 0 spiro atoms. The maximum Gasteiger partial charge on any atom is 0.257 e. The fourth-order valence-electron chi connectivity index (χ4n) is 2.39. The normalized spacial score (nSPS) is 17.2. The van der Waals surface area contributed by atoms with Crippen LogP contribution in [0.15, 0.2) is 18.2 Å². The zero-order valence-electron chi connectivity index (χ0n) is 13.5. The lowest BCUT2D eigenvalue weighted by atomic mass is 10.1. The SMILES string of the molecule is CNC(=O)COc1ccc(C(=O)NC2CCCNC2)cc1OC. The molecule has 3 N–H and O–H groups in total. The molecule has 1 saturated heterocycles. The van der Waals surface area contributed by atoms with Crippen LogP contribution in [-0.4, -0.2) is 51.7 Å². The summed E-state index contributed by atoms with van der Waals surface area (Å²) in [6.07, 6.45) is 2.03. The van der Waals surface area contributed by atoms with Crippen LogP contribution in [0.2, 0.25) is 0 Å². The Bertz CT molecular complexity index is 556. The summed E-state index contributed by atoms with van der Waals surface area (Å²) >= 11 is 0. The molecule has 0 aliphatic carbocycles. The molecule has 1 aliphatic heterocycles. The third-order valence-corrected chi connectivity index (χ3v) is 3.70. The van der Waals surface area contributed by atoms with Gasteiger partial charge in [-0.15, -0.1) is 0 Å². The third kappa shape index (κ3) is 4.85. The predicted octanol–water partition coefficient (Wildman–Crippen LogP) is 0.302. The minimum absolute atomic E-state index is 0.105. The van der Waals surface area contributed by atoms with Crippen molar-refractivity contribution < 1.29 is 19.1 Å². The Morgan fingerprint density at radius 2 is 2.17 bits per heavy atom. The van der Waals surface area contributed by atoms with Gasteiger partial charge in [0, 0.05) is 25.2 Å². The molecule has 0 radical (unpaired) electrons. The summed E-state index contributed by atoms with van der Waals surface area (Å²) in [5.74, 6) is 0.462. The van der Waals surface area contributed by atoms with Crippen molar-refractivity contribution in [2.24, 2.45) is 0 Å². The molecule has 7 heteroatoms. The van der Waals surface area contributed by atoms with Gasteiger partial charge in [0.05, 0.1) is 7.11 Å². The van der Waals surface area contributed by atoms with Gasteiger partial charge < -0.3 is 25.4 Å². The third-order valence-electron chi connectivity index (χ3n) is 3.70. The lowest BCUT2D eigenvalue weighted by molar-refractivity contribution is -0.122. The Balaban J connectivity index is 2.02. The number of amides is 2. The molecule has 1 heterocycles. The second-order valence-corrected chi connectivity index (χ2v) is 5.34. The van der Waals surface area contributed by atoms with Gasteiger partial charge in [-0.05, 0) is 37.6 Å². The monoisotopic (exact) mass is 321 g/mol. The van der Waals surface area contributed by atoms with Crippen molar-refractivity contribution in [3.63, 3.8) is 0 Å². The van der Waals surface area contributed by atoms with Gasteiger partial charge in [0.15, 0.2) is 18.1 Å². The average molecular weight is 321 g/mol. The average Bonchev–Trinajstić information content (AvgIpc) is 2.60. The lowest BCUT2D eigenvalue weighted by Crippen LogP contribution is -2.45. The van der Waals surface area contributed by atoms with E-state index in [9.17, 15) is 9.59 Å². The van der Waals surface area contributed by atoms with Crippen molar-refractivity contribution >= 4 is 11.8 Å². The fourth-order valence-corrected chi connectivity index (χ4v) is 2.39. The molecule has 1 fully saturated rings. The summed E-state index contributed by atoms with van der Waals surface area (Å²) in [6.45, 7) is 1.68. The Labute approximate surface area is 135 Å². The Kier molecular flexibility index (Phi) is 6.22. The number of hydrogen-bond donors (Lipinski definition) is 3. The smallest absolute Gasteiger partial charge is 0.257 e. The van der Waals surface area contributed by atoms with Crippen LogP contribution in [0.25, 0.3) is 0 Å². The summed E-state index contributed by atoms with van der Waals surface area (Å²) in [5, 5.41) is 8.74. The number of nitrogens with one attached hydrogen (secondary N) is 3. The molecule has 0 saturated carbocycles. The van der Waals surface area contributed by atoms with E-state index in [1.165, 1.54) is 14.2 Å². The first kappa shape index (κ1) is 17.1. The maximum absolute atomic E-state index is 12.3. The molecule has 7 nitrogen and oxygen atoms in total. The second-order valence-electron chi connectivity index (χ2n) is 5.34. The summed E-state index contributed by atoms with van der Waals surface area (Å²) in [4.78, 5) is 23.5. The fraction of sp³-hybridized carbons (Fsp3) is 0.500. The molecule has 2 rings (SSSR count). The highest BCUT2D eigenvalue weighted by Crippen LogP contribution is 2.28. The zero-order chi connectivity index (χ0) is 16.7. The van der Waals surface area contributed by atoms with Crippen LogP contribution < -0.4 is 25.4 Å². The molecule has 1 atom stereocenters. The van der Waals surface area contributed by atoms with E-state index in [-0.39, 0.29) is 24.5 Å². The van der Waals surface area contributed by atoms with Gasteiger partial charge >= 0.3 is 0 Å². The molecule has 2 amide bonds. The van der Waals surface area contributed by atoms with E-state index < -0.39 is 0 Å². The standard InChI is InChI=1S/C16H23N3O4/c1-17-15(20)10-23-13-6-5-11(8-14(13)22-2)16(21)19-12-4-3-7-18-9-12/h5-6,8,12,18H,3-4,7,9-10H2,1-2H3,(H,17,20)(H,19,21). The van der Waals surface area contributed by atoms with E-state index in [1.807, 2.05) is 0 Å². The van der Waals surface area contributed by atoms with Gasteiger partial charge in [-0.3, -0.25) is 9.59 Å². The Hall–Kier alpha value is -2.28. The van der Waals surface area contributed by atoms with Crippen LogP contribution in [0, 0.1) is 0 Å². The zero-order valence-corrected chi connectivity index (χ0v) is 13.5. The van der Waals surface area contributed by atoms with Gasteiger partial charge in [-0.25, -0.2) is 0 Å². The minimum atomic E-state index is -0.237. The number of methoxy groups -OCH3 is 1. The Morgan fingerprint density at radius 1 is 1.35 bits per heavy atom. The van der Waals surface area contributed by atoms with E-state index in [2.05, 4.69) is 16.0 Å². The highest BCUT2D eigenvalue weighted by molar-refractivity contribution is 5.95. The van der Waals surface area contributed by atoms with Crippen molar-refractivity contribution in [3.05, 3.63) is 23.8 Å². The number of likely N-dealkylation sites (N-methyl/N-ethyl adjacent to an activating group) is 1. The number of piperidine rings is 1. The predicted molar refractivity (Wildman–Crippen MR) is 85.9 cm³/mol. The second kappa shape index (κ2) is 8.38. The van der Waals surface area contributed by atoms with Gasteiger partial charge in [-0.2, -0.15) is 0 Å². The first-order valence-corrected chi connectivity index (χ1v) is 7.67. The number of rotatable bonds is 6. The van der Waals surface area contributed by atoms with Crippen LogP contribution in [0.5, 0.6) is 11.5 Å². The summed E-state index contributed by atoms with van der Waals surface area (Å²) < 4.78 is 10.6. The van der Waals surface area contributed by atoms with E-state index in [4.69, 9.17) is 9.47 Å². The van der Waals surface area contributed by atoms with E-state index in [1.54, 1.807) is 18.2 Å². The van der Waals surface area contributed by atoms with Gasteiger partial charge in [0.1, 0.15) is 0 Å². The van der Waals surface area contributed by atoms with Crippen LogP contribution >= 0.6 is 0 Å². The lowest BCUT2D eigenvalue weighted by Gasteiger charge is -2.24. The maximum atomic E-state index is 12.3. The molecule has 1 unspecified atom stereocenters. The van der Waals surface area contributed by atoms with Gasteiger partial charge in [0.2, 0.25) is 0 Å². The van der Waals surface area contributed by atoms with Crippen LogP contribution in [-0.2, 0) is 4.79 Å². The number of ether oxygens (including phenoxy) is 2. The first-order valence-electron chi connectivity index (χ1n) is 7.67. The van der Waals surface area contributed by atoms with Gasteiger partial charge in [-0.1, -0.05) is 0 Å². The first-order chi connectivity index (χ1) is 11.1. The molecule has 126 valence electrons. The number of benzene rings is 1. The highest BCUT2D eigenvalue weighted by atomic mass is 16.5. The van der Waals surface area contributed by atoms with Crippen LogP contribution in [0.4, 0.5) is 0 Å². The van der Waals surface area contributed by atoms with Gasteiger partial charge in [0.25, 0.3) is 11.8 Å². The molecule has 1 aromatic carbocycles. The Morgan fingerprint density at radius 3 is 2.83 bits per heavy atom. The number of carbonyl (C=O) groups is 2. The number of hydrogen-bond acceptors (Lipinski definition) is 5. The summed E-state index contributed by atoms with van der Waals surface area (Å²) in [6, 6.07) is 5.06. The molecule has 0 bridgehead atoms. The molecule has 1 aliphatic rings. The molecular weight excluding hydrogens is 298 g/mol. The van der Waals surface area contributed by atoms with Crippen molar-refractivity contribution in [2.75, 3.05) is 33.9 Å². The van der Waals surface area contributed by atoms with E-state index in [0.29, 0.717) is 17.1 Å². The van der Waals surface area contributed by atoms with E-state index in [0.717, 1.165) is 25.9 Å². The highest BCUT2D eigenvalue weighted by Gasteiger charge is 2.17. The molecule has 23 heavy (non-hydrogen) atoms. The van der Waals surface area contributed by atoms with Crippen LogP contribution in [0.3, 0.4) is 0 Å². The quantitative estimate of drug-likeness (QED) is 0.701. The van der Waals surface area contributed by atoms with Crippen molar-refractivity contribution in [2.45, 2.75) is 18.9 Å². The largest absolute Gasteiger partial charge is 0.493 e. The summed E-state index contributed by atoms with van der Waals surface area (Å²) in [7, 11) is 3.03. The molecule has 0 aromatic heterocycles. The molecule has 1 aromatic rings.